The highest BCUT2D eigenvalue weighted by molar-refractivity contribution is 5.66. The molecule has 10 atom stereocenters. The predicted molar refractivity (Wildman–Crippen MR) is 161 cm³/mol. The van der Waals surface area contributed by atoms with Crippen molar-refractivity contribution in [1.82, 2.24) is 0 Å². The molecule has 6 rings (SSSR count). The Bertz CT molecular complexity index is 1000. The Balaban J connectivity index is 1.31. The number of fused-ring (bicyclic) bond motifs is 5. The average Bonchev–Trinajstić information content (AvgIpc) is 3.21. The summed E-state index contributed by atoms with van der Waals surface area (Å²) in [4.78, 5) is 24.8. The minimum Gasteiger partial charge on any atom is -0.456 e. The van der Waals surface area contributed by atoms with Crippen molar-refractivity contribution in [2.45, 2.75) is 135 Å². The summed E-state index contributed by atoms with van der Waals surface area (Å²) in [6.45, 7) is 13.3. The molecule has 6 aliphatic rings. The Morgan fingerprint density at radius 2 is 1.27 bits per heavy atom. The van der Waals surface area contributed by atoms with E-state index in [1.165, 1.54) is 103 Å². The fraction of sp³-hybridized carbons (Fsp3) is 0.943. The number of nitrogens with zero attached hydrogens (tertiary/aromatic N) is 2. The summed E-state index contributed by atoms with van der Waals surface area (Å²) < 4.78 is 14.7. The molecule has 0 amide bonds. The van der Waals surface area contributed by atoms with Crippen molar-refractivity contribution in [3.63, 3.8) is 0 Å². The number of likely N-dealkylation sites (N-methyl/N-ethyl adjacent to an activating group) is 2. The molecule has 2 saturated heterocycles. The maximum Gasteiger partial charge on any atom is 0.303 e. The van der Waals surface area contributed by atoms with Crippen molar-refractivity contribution in [1.29, 1.82) is 0 Å². The zero-order chi connectivity index (χ0) is 29.2. The molecular weight excluding hydrogens is 512 g/mol. The Morgan fingerprint density at radius 1 is 0.683 bits per heavy atom. The van der Waals surface area contributed by atoms with Gasteiger partial charge in [-0.05, 0) is 99.7 Å². The molecule has 2 heterocycles. The van der Waals surface area contributed by atoms with Crippen LogP contribution in [0.25, 0.3) is 0 Å². The van der Waals surface area contributed by atoms with Crippen LogP contribution in [0.3, 0.4) is 0 Å². The molecule has 0 spiro atoms. The predicted octanol–water partition coefficient (Wildman–Crippen LogP) is 6.11. The number of esters is 2. The summed E-state index contributed by atoms with van der Waals surface area (Å²) in [5, 5.41) is 0. The largest absolute Gasteiger partial charge is 0.456 e. The average molecular weight is 573 g/mol. The maximum atomic E-state index is 12.5. The lowest BCUT2D eigenvalue weighted by atomic mass is 9.44. The SMILES string of the molecule is CC(=O)OC1[C@@H]([N+]2(C)CCCCC2)C[C@H]2[C@@H]3CC[C@H]4C[C@H](OC(C)=O)[C@@H]([N+]5(C)CCCCC5)C[C@]4(C)[C@H]3CC[C@]12C. The van der Waals surface area contributed by atoms with E-state index in [1.54, 1.807) is 13.8 Å². The Kier molecular flexibility index (Phi) is 7.87. The topological polar surface area (TPSA) is 52.6 Å². The van der Waals surface area contributed by atoms with Crippen LogP contribution in [-0.2, 0) is 19.1 Å². The van der Waals surface area contributed by atoms with Crippen LogP contribution in [0.1, 0.15) is 111 Å². The van der Waals surface area contributed by atoms with Crippen LogP contribution in [-0.4, -0.2) is 85.5 Å². The molecule has 1 unspecified atom stereocenters. The normalized spacial score (nSPS) is 46.9. The molecule has 4 saturated carbocycles. The summed E-state index contributed by atoms with van der Waals surface area (Å²) in [6, 6.07) is 0.846. The van der Waals surface area contributed by atoms with E-state index >= 15 is 0 Å². The van der Waals surface area contributed by atoms with E-state index in [2.05, 4.69) is 27.9 Å². The third kappa shape index (κ3) is 4.99. The number of hydrogen-bond donors (Lipinski definition) is 0. The molecule has 6 heteroatoms. The molecule has 2 aliphatic heterocycles. The molecular formula is C35H60N2O4+2. The second-order valence-corrected chi connectivity index (χ2v) is 16.7. The van der Waals surface area contributed by atoms with Crippen molar-refractivity contribution in [2.75, 3.05) is 40.3 Å². The van der Waals surface area contributed by atoms with Gasteiger partial charge in [0.05, 0.1) is 40.3 Å². The van der Waals surface area contributed by atoms with Crippen LogP contribution in [0.4, 0.5) is 0 Å². The van der Waals surface area contributed by atoms with E-state index in [0.29, 0.717) is 35.3 Å². The van der Waals surface area contributed by atoms with Gasteiger partial charge >= 0.3 is 11.9 Å². The summed E-state index contributed by atoms with van der Waals surface area (Å²) >= 11 is 0. The van der Waals surface area contributed by atoms with E-state index in [1.807, 2.05) is 0 Å². The van der Waals surface area contributed by atoms with E-state index in [0.717, 1.165) is 21.3 Å². The minimum atomic E-state index is -0.0998. The number of ether oxygens (including phenoxy) is 2. The van der Waals surface area contributed by atoms with Gasteiger partial charge in [-0.25, -0.2) is 0 Å². The van der Waals surface area contributed by atoms with E-state index in [4.69, 9.17) is 9.47 Å². The quantitative estimate of drug-likeness (QED) is 0.301. The highest BCUT2D eigenvalue weighted by Crippen LogP contribution is 2.68. The molecule has 4 aliphatic carbocycles. The summed E-state index contributed by atoms with van der Waals surface area (Å²) in [6.07, 6.45) is 16.4. The third-order valence-electron chi connectivity index (χ3n) is 14.5. The van der Waals surface area contributed by atoms with Gasteiger partial charge < -0.3 is 18.4 Å². The van der Waals surface area contributed by atoms with Crippen LogP contribution in [0.5, 0.6) is 0 Å². The summed E-state index contributed by atoms with van der Waals surface area (Å²) in [5.41, 5.74) is 0.377. The molecule has 0 radical (unpaired) electrons. The first kappa shape index (κ1) is 29.9. The molecule has 0 bridgehead atoms. The number of carbonyl (C=O) groups excluding carboxylic acids is 2. The van der Waals surface area contributed by atoms with Crippen LogP contribution >= 0.6 is 0 Å². The Morgan fingerprint density at radius 3 is 1.85 bits per heavy atom. The fourth-order valence-electron chi connectivity index (χ4n) is 12.3. The lowest BCUT2D eigenvalue weighted by Gasteiger charge is -2.63. The fourth-order valence-corrected chi connectivity index (χ4v) is 12.3. The van der Waals surface area contributed by atoms with Gasteiger partial charge in [0, 0.05) is 32.1 Å². The van der Waals surface area contributed by atoms with Gasteiger partial charge in [-0.3, -0.25) is 9.59 Å². The van der Waals surface area contributed by atoms with Crippen LogP contribution in [0, 0.1) is 34.5 Å². The van der Waals surface area contributed by atoms with Crippen molar-refractivity contribution in [3.05, 3.63) is 0 Å². The molecule has 0 aromatic heterocycles. The van der Waals surface area contributed by atoms with E-state index in [9.17, 15) is 9.59 Å². The molecule has 41 heavy (non-hydrogen) atoms. The zero-order valence-electron chi connectivity index (χ0n) is 27.2. The van der Waals surface area contributed by atoms with Gasteiger partial charge in [0.1, 0.15) is 12.1 Å². The van der Waals surface area contributed by atoms with Crippen molar-refractivity contribution in [3.8, 4) is 0 Å². The lowest BCUT2D eigenvalue weighted by Crippen LogP contribution is -2.66. The first-order valence-electron chi connectivity index (χ1n) is 17.4. The first-order valence-corrected chi connectivity index (χ1v) is 17.4. The molecule has 232 valence electrons. The minimum absolute atomic E-state index is 0.0462. The smallest absolute Gasteiger partial charge is 0.303 e. The van der Waals surface area contributed by atoms with Crippen molar-refractivity contribution in [2.24, 2.45) is 34.5 Å². The number of likely N-dealkylation sites (tertiary alicyclic amines) is 2. The maximum absolute atomic E-state index is 12.5. The van der Waals surface area contributed by atoms with Crippen LogP contribution < -0.4 is 0 Å². The highest BCUT2D eigenvalue weighted by Gasteiger charge is 2.68. The summed E-state index contributed by atoms with van der Waals surface area (Å²) in [7, 11) is 4.94. The number of hydrogen-bond acceptors (Lipinski definition) is 4. The molecule has 0 aromatic rings. The number of quaternary nitrogens is 2. The second-order valence-electron chi connectivity index (χ2n) is 16.7. The molecule has 0 N–H and O–H groups in total. The summed E-state index contributed by atoms with van der Waals surface area (Å²) in [5.74, 6) is 2.52. The third-order valence-corrected chi connectivity index (χ3v) is 14.5. The van der Waals surface area contributed by atoms with Crippen molar-refractivity contribution >= 4 is 11.9 Å². The standard InChI is InChI=1S/C35H60N2O4/c1-24(38)40-32-21-26-13-14-27-28(35(26,4)23-31(32)37(6)19-11-8-12-20-37)15-16-34(3)29(27)22-30(33(34)41-25(2)39)36(5)17-9-7-10-18-36/h26-33H,7-23H2,1-6H3/q+2/t26-,27+,28-,29-,30-,31-,32-,33?,34-,35-/m0/s1. The van der Waals surface area contributed by atoms with E-state index in [-0.39, 0.29) is 29.6 Å². The van der Waals surface area contributed by atoms with Gasteiger partial charge in [0.25, 0.3) is 0 Å². The Hall–Kier alpha value is -1.14. The molecule has 6 nitrogen and oxygen atoms in total. The van der Waals surface area contributed by atoms with Gasteiger partial charge in [-0.2, -0.15) is 0 Å². The van der Waals surface area contributed by atoms with Crippen molar-refractivity contribution < 1.29 is 28.0 Å². The molecule has 6 fully saturated rings. The Labute approximate surface area is 250 Å². The van der Waals surface area contributed by atoms with E-state index < -0.39 is 0 Å². The number of piperidine rings is 2. The monoisotopic (exact) mass is 572 g/mol. The lowest BCUT2D eigenvalue weighted by molar-refractivity contribution is -0.943. The number of rotatable bonds is 4. The number of carbonyl (C=O) groups is 2. The van der Waals surface area contributed by atoms with Crippen LogP contribution in [0.2, 0.25) is 0 Å². The van der Waals surface area contributed by atoms with Crippen LogP contribution in [0.15, 0.2) is 0 Å². The van der Waals surface area contributed by atoms with Gasteiger partial charge in [0.15, 0.2) is 12.2 Å². The molecule has 0 aromatic carbocycles. The second kappa shape index (κ2) is 10.8. The van der Waals surface area contributed by atoms with Gasteiger partial charge in [-0.1, -0.05) is 13.8 Å². The zero-order valence-corrected chi connectivity index (χ0v) is 27.2. The van der Waals surface area contributed by atoms with Gasteiger partial charge in [-0.15, -0.1) is 0 Å². The highest BCUT2D eigenvalue weighted by atomic mass is 16.5. The first-order chi connectivity index (χ1) is 19.4. The van der Waals surface area contributed by atoms with Gasteiger partial charge in [0.2, 0.25) is 0 Å².